The third-order valence-electron chi connectivity index (χ3n) is 6.38. The van der Waals surface area contributed by atoms with E-state index in [-0.39, 0.29) is 27.7 Å². The van der Waals surface area contributed by atoms with Crippen LogP contribution in [0.25, 0.3) is 6.08 Å². The molecule has 1 aliphatic rings. The Morgan fingerprint density at radius 1 is 0.970 bits per heavy atom. The van der Waals surface area contributed by atoms with Gasteiger partial charge in [-0.3, -0.25) is 4.79 Å². The van der Waals surface area contributed by atoms with Gasteiger partial charge in [-0.15, -0.1) is 0 Å². The molecule has 0 radical (unpaired) electrons. The summed E-state index contributed by atoms with van der Waals surface area (Å²) in [7, 11) is -1.31. The lowest BCUT2D eigenvalue weighted by atomic mass is 9.82. The topological polar surface area (TPSA) is 43.4 Å². The van der Waals surface area contributed by atoms with Crippen LogP contribution in [0.15, 0.2) is 42.5 Å². The summed E-state index contributed by atoms with van der Waals surface area (Å²) in [5, 5.41) is 0. The summed E-state index contributed by atoms with van der Waals surface area (Å²) in [6.07, 6.45) is 3.88. The number of ketones is 1. The highest BCUT2D eigenvalue weighted by molar-refractivity contribution is 6.76. The number of ether oxygens (including phenoxy) is 1. The van der Waals surface area contributed by atoms with Crippen molar-refractivity contribution >= 4 is 25.9 Å². The molecular weight excluding hydrogens is 431 g/mol. The molecule has 0 N–H and O–H groups in total. The molecule has 0 aromatic heterocycles. The number of rotatable bonds is 7. The lowest BCUT2D eigenvalue weighted by molar-refractivity contribution is 0.0524. The van der Waals surface area contributed by atoms with Gasteiger partial charge >= 0.3 is 5.97 Å². The second-order valence-electron chi connectivity index (χ2n) is 11.6. The van der Waals surface area contributed by atoms with Crippen molar-refractivity contribution in [3.8, 4) is 0 Å². The zero-order valence-electron chi connectivity index (χ0n) is 20.8. The van der Waals surface area contributed by atoms with Gasteiger partial charge in [0.25, 0.3) is 0 Å². The molecule has 3 rings (SSSR count). The average molecular weight is 467 g/mol. The Morgan fingerprint density at radius 3 is 2.24 bits per heavy atom. The van der Waals surface area contributed by atoms with Gasteiger partial charge in [0.1, 0.15) is 5.82 Å². The fourth-order valence-electron chi connectivity index (χ4n) is 4.73. The van der Waals surface area contributed by atoms with Crippen LogP contribution in [0.1, 0.15) is 71.5 Å². The number of hydrogen-bond donors (Lipinski definition) is 0. The summed E-state index contributed by atoms with van der Waals surface area (Å²) in [4.78, 5) is 25.0. The van der Waals surface area contributed by atoms with Gasteiger partial charge in [-0.05, 0) is 64.8 Å². The molecular formula is C28H35FO3Si. The number of benzene rings is 2. The Morgan fingerprint density at radius 2 is 1.61 bits per heavy atom. The molecule has 2 aromatic carbocycles. The fourth-order valence-corrected chi connectivity index (χ4v) is 5.44. The first-order valence-electron chi connectivity index (χ1n) is 11.5. The van der Waals surface area contributed by atoms with E-state index in [2.05, 4.69) is 47.3 Å². The average Bonchev–Trinajstić information content (AvgIpc) is 2.89. The highest BCUT2D eigenvalue weighted by atomic mass is 28.3. The van der Waals surface area contributed by atoms with Crippen LogP contribution in [0.2, 0.25) is 25.7 Å². The van der Waals surface area contributed by atoms with E-state index < -0.39 is 19.9 Å². The minimum Gasteiger partial charge on any atom is -0.462 e. The first-order valence-corrected chi connectivity index (χ1v) is 15.2. The van der Waals surface area contributed by atoms with E-state index in [1.54, 1.807) is 0 Å². The molecule has 33 heavy (non-hydrogen) atoms. The van der Waals surface area contributed by atoms with Crippen LogP contribution in [-0.2, 0) is 15.6 Å². The van der Waals surface area contributed by atoms with Crippen LogP contribution in [0, 0.1) is 5.82 Å². The highest BCUT2D eigenvalue weighted by Gasteiger charge is 2.41. The molecule has 5 heteroatoms. The van der Waals surface area contributed by atoms with Crippen LogP contribution in [0.4, 0.5) is 4.39 Å². The van der Waals surface area contributed by atoms with Crippen molar-refractivity contribution < 1.29 is 18.7 Å². The molecule has 176 valence electrons. The highest BCUT2D eigenvalue weighted by Crippen LogP contribution is 2.49. The molecule has 0 atom stereocenters. The summed E-state index contributed by atoms with van der Waals surface area (Å²) in [6.45, 7) is 15.8. The number of halogens is 1. The number of hydrogen-bond acceptors (Lipinski definition) is 3. The summed E-state index contributed by atoms with van der Waals surface area (Å²) >= 11 is 0. The van der Waals surface area contributed by atoms with Gasteiger partial charge in [-0.1, -0.05) is 65.5 Å². The van der Waals surface area contributed by atoms with Gasteiger partial charge in [0.2, 0.25) is 0 Å². The van der Waals surface area contributed by atoms with Crippen molar-refractivity contribution in [3.63, 3.8) is 0 Å². The molecule has 0 bridgehead atoms. The van der Waals surface area contributed by atoms with Gasteiger partial charge < -0.3 is 4.74 Å². The third-order valence-corrected chi connectivity index (χ3v) is 8.09. The van der Waals surface area contributed by atoms with Crippen molar-refractivity contribution in [2.45, 2.75) is 70.6 Å². The Balaban J connectivity index is 1.71. The van der Waals surface area contributed by atoms with Gasteiger partial charge in [-0.2, -0.15) is 0 Å². The normalized spacial score (nSPS) is 16.6. The summed E-state index contributed by atoms with van der Waals surface area (Å²) in [5.41, 5.74) is 3.60. The Kier molecular flexibility index (Phi) is 6.86. The molecule has 0 amide bonds. The smallest absolute Gasteiger partial charge is 0.338 e. The van der Waals surface area contributed by atoms with E-state index in [1.807, 2.05) is 18.2 Å². The van der Waals surface area contributed by atoms with Crippen molar-refractivity contribution in [1.82, 2.24) is 0 Å². The maximum Gasteiger partial charge on any atom is 0.338 e. The molecule has 0 saturated carbocycles. The zero-order valence-corrected chi connectivity index (χ0v) is 21.8. The van der Waals surface area contributed by atoms with Gasteiger partial charge in [0.15, 0.2) is 5.78 Å². The van der Waals surface area contributed by atoms with E-state index >= 15 is 0 Å². The largest absolute Gasteiger partial charge is 0.462 e. The first-order chi connectivity index (χ1) is 15.2. The molecule has 2 aromatic rings. The Bertz CT molecular complexity index is 1110. The standard InChI is InChI=1S/C28H35FO3Si/c1-27(2)18-28(3,4)23-16-20(10-12-22(23)27)25(30)13-11-19-8-9-21(17-24(19)29)26(31)32-14-15-33(5,6)7/h8-13,16-17H,14-15,18H2,1-7H3/b13-11+. The SMILES string of the molecule is CC1(C)CC(C)(C)c2cc(C(=O)/C=C/c3ccc(C(=O)OCC[Si](C)(C)C)cc3F)ccc21. The second-order valence-corrected chi connectivity index (χ2v) is 17.2. The number of fused-ring (bicyclic) bond motifs is 1. The monoisotopic (exact) mass is 466 g/mol. The van der Waals surface area contributed by atoms with Gasteiger partial charge in [-0.25, -0.2) is 9.18 Å². The lowest BCUT2D eigenvalue weighted by Gasteiger charge is -2.22. The van der Waals surface area contributed by atoms with E-state index in [0.29, 0.717) is 12.2 Å². The van der Waals surface area contributed by atoms with Crippen LogP contribution in [0.5, 0.6) is 0 Å². The predicted octanol–water partition coefficient (Wildman–Crippen LogP) is 7.18. The van der Waals surface area contributed by atoms with Gasteiger partial charge in [0.05, 0.1) is 12.2 Å². The second kappa shape index (κ2) is 9.01. The molecule has 0 heterocycles. The summed E-state index contributed by atoms with van der Waals surface area (Å²) in [6, 6.07) is 10.9. The molecule has 0 unspecified atom stereocenters. The number of esters is 1. The minimum atomic E-state index is -1.31. The van der Waals surface area contributed by atoms with Crippen molar-refractivity contribution in [2.24, 2.45) is 0 Å². The molecule has 0 aliphatic heterocycles. The third kappa shape index (κ3) is 5.88. The quantitative estimate of drug-likeness (QED) is 0.188. The minimum absolute atomic E-state index is 0.00442. The molecule has 1 aliphatic carbocycles. The molecule has 0 saturated heterocycles. The maximum absolute atomic E-state index is 14.6. The van der Waals surface area contributed by atoms with Crippen LogP contribution in [-0.4, -0.2) is 26.4 Å². The molecule has 3 nitrogen and oxygen atoms in total. The number of allylic oxidation sites excluding steroid dienone is 1. The summed E-state index contributed by atoms with van der Waals surface area (Å²) < 4.78 is 19.9. The Hall–Kier alpha value is -2.53. The van der Waals surface area contributed by atoms with E-state index in [9.17, 15) is 14.0 Å². The summed E-state index contributed by atoms with van der Waals surface area (Å²) in [5.74, 6) is -1.26. The maximum atomic E-state index is 14.6. The number of carbonyl (C=O) groups is 2. The lowest BCUT2D eigenvalue weighted by Crippen LogP contribution is -2.22. The van der Waals surface area contributed by atoms with E-state index in [0.717, 1.165) is 12.5 Å². The number of carbonyl (C=O) groups excluding carboxylic acids is 2. The zero-order chi connectivity index (χ0) is 24.6. The Labute approximate surface area is 198 Å². The first kappa shape index (κ1) is 25.1. The molecule has 0 fully saturated rings. The molecule has 0 spiro atoms. The van der Waals surface area contributed by atoms with Crippen LogP contribution >= 0.6 is 0 Å². The fraction of sp³-hybridized carbons (Fsp3) is 0.429. The van der Waals surface area contributed by atoms with E-state index in [4.69, 9.17) is 4.74 Å². The van der Waals surface area contributed by atoms with Crippen LogP contribution < -0.4 is 0 Å². The van der Waals surface area contributed by atoms with Crippen molar-refractivity contribution in [2.75, 3.05) is 6.61 Å². The van der Waals surface area contributed by atoms with Crippen LogP contribution in [0.3, 0.4) is 0 Å². The van der Waals surface area contributed by atoms with Crippen molar-refractivity contribution in [3.05, 3.63) is 76.1 Å². The van der Waals surface area contributed by atoms with Gasteiger partial charge in [0, 0.05) is 19.2 Å². The van der Waals surface area contributed by atoms with Crippen molar-refractivity contribution in [1.29, 1.82) is 0 Å². The predicted molar refractivity (Wildman–Crippen MR) is 135 cm³/mol. The van der Waals surface area contributed by atoms with E-state index in [1.165, 1.54) is 41.5 Å².